The highest BCUT2D eigenvalue weighted by Gasteiger charge is 2.51. The molecule has 0 unspecified atom stereocenters. The van der Waals surface area contributed by atoms with E-state index in [9.17, 15) is 14.9 Å². The molecular formula is C22H29N3O3. The number of amides is 1. The first-order valence-electron chi connectivity index (χ1n) is 10.8. The van der Waals surface area contributed by atoms with Crippen LogP contribution in [0.15, 0.2) is 24.3 Å². The van der Waals surface area contributed by atoms with Gasteiger partial charge in [-0.05, 0) is 73.8 Å². The molecule has 0 N–H and O–H groups in total. The zero-order chi connectivity index (χ0) is 19.3. The maximum Gasteiger partial charge on any atom is 0.269 e. The molecule has 28 heavy (non-hydrogen) atoms. The van der Waals surface area contributed by atoms with Crippen molar-refractivity contribution in [1.29, 1.82) is 0 Å². The van der Waals surface area contributed by atoms with Gasteiger partial charge >= 0.3 is 0 Å². The molecule has 1 heterocycles. The summed E-state index contributed by atoms with van der Waals surface area (Å²) in [4.78, 5) is 27.8. The average Bonchev–Trinajstić information content (AvgIpc) is 2.67. The lowest BCUT2D eigenvalue weighted by Crippen LogP contribution is -2.52. The standard InChI is InChI=1S/C22H29N3O3/c26-21(15-22-12-16-9-17(13-22)11-18(10-16)14-22)24-7-5-23(6-8-24)19-1-3-20(4-2-19)25(27)28/h1-4,16-18H,5-15H2. The molecule has 4 saturated carbocycles. The number of benzene rings is 1. The number of non-ortho nitro benzene ring substituents is 1. The third-order valence-electron chi connectivity index (χ3n) is 7.75. The van der Waals surface area contributed by atoms with Crippen molar-refractivity contribution in [1.82, 2.24) is 4.90 Å². The predicted octanol–water partition coefficient (Wildman–Crippen LogP) is 3.85. The van der Waals surface area contributed by atoms with Crippen molar-refractivity contribution >= 4 is 17.3 Å². The third kappa shape index (κ3) is 3.27. The number of nitro benzene ring substituents is 1. The maximum absolute atomic E-state index is 13.1. The van der Waals surface area contributed by atoms with Crippen LogP contribution in [-0.2, 0) is 4.79 Å². The van der Waals surface area contributed by atoms with E-state index >= 15 is 0 Å². The molecule has 5 fully saturated rings. The van der Waals surface area contributed by atoms with E-state index in [-0.39, 0.29) is 10.6 Å². The number of nitro groups is 1. The normalized spacial score (nSPS) is 33.9. The molecule has 0 spiro atoms. The van der Waals surface area contributed by atoms with Gasteiger partial charge in [0.2, 0.25) is 5.91 Å². The Kier molecular flexibility index (Phi) is 4.33. The lowest BCUT2D eigenvalue weighted by molar-refractivity contribution is -0.384. The number of carbonyl (C=O) groups is 1. The molecular weight excluding hydrogens is 354 g/mol. The van der Waals surface area contributed by atoms with Crippen molar-refractivity contribution in [2.45, 2.75) is 44.9 Å². The quantitative estimate of drug-likeness (QED) is 0.585. The van der Waals surface area contributed by atoms with Gasteiger partial charge in [0.15, 0.2) is 0 Å². The van der Waals surface area contributed by atoms with Crippen LogP contribution in [0.25, 0.3) is 0 Å². The minimum Gasteiger partial charge on any atom is -0.368 e. The molecule has 0 atom stereocenters. The van der Waals surface area contributed by atoms with Gasteiger partial charge in [-0.2, -0.15) is 0 Å². The third-order valence-corrected chi connectivity index (χ3v) is 7.75. The average molecular weight is 383 g/mol. The fraction of sp³-hybridized carbons (Fsp3) is 0.682. The first-order valence-corrected chi connectivity index (χ1v) is 10.8. The maximum atomic E-state index is 13.1. The van der Waals surface area contributed by atoms with Crippen molar-refractivity contribution < 1.29 is 9.72 Å². The molecule has 5 aliphatic rings. The Hall–Kier alpha value is -2.11. The Labute approximate surface area is 166 Å². The van der Waals surface area contributed by atoms with Gasteiger partial charge in [-0.25, -0.2) is 0 Å². The van der Waals surface area contributed by atoms with Crippen LogP contribution in [0.5, 0.6) is 0 Å². The number of anilines is 1. The van der Waals surface area contributed by atoms with Crippen molar-refractivity contribution in [3.63, 3.8) is 0 Å². The van der Waals surface area contributed by atoms with Crippen LogP contribution in [0.4, 0.5) is 11.4 Å². The minimum absolute atomic E-state index is 0.119. The van der Waals surface area contributed by atoms with Crippen molar-refractivity contribution in [2.75, 3.05) is 31.1 Å². The second kappa shape index (κ2) is 6.75. The van der Waals surface area contributed by atoms with Crippen LogP contribution in [0, 0.1) is 33.3 Å². The van der Waals surface area contributed by atoms with Crippen LogP contribution in [0.3, 0.4) is 0 Å². The number of rotatable bonds is 4. The van der Waals surface area contributed by atoms with Gasteiger partial charge in [0.1, 0.15) is 0 Å². The minimum atomic E-state index is -0.370. The van der Waals surface area contributed by atoms with Gasteiger partial charge in [0.05, 0.1) is 4.92 Å². The summed E-state index contributed by atoms with van der Waals surface area (Å²) >= 11 is 0. The molecule has 1 amide bonds. The summed E-state index contributed by atoms with van der Waals surface area (Å²) in [7, 11) is 0. The van der Waals surface area contributed by atoms with E-state index in [4.69, 9.17) is 0 Å². The molecule has 6 rings (SSSR count). The summed E-state index contributed by atoms with van der Waals surface area (Å²) in [5.41, 5.74) is 1.42. The molecule has 1 aromatic carbocycles. The Balaban J connectivity index is 1.18. The van der Waals surface area contributed by atoms with Crippen molar-refractivity contribution in [3.8, 4) is 0 Å². The Bertz CT molecular complexity index is 732. The lowest BCUT2D eigenvalue weighted by atomic mass is 9.49. The number of nitrogens with zero attached hydrogens (tertiary/aromatic N) is 3. The van der Waals surface area contributed by atoms with Gasteiger partial charge < -0.3 is 9.80 Å². The van der Waals surface area contributed by atoms with E-state index < -0.39 is 0 Å². The SMILES string of the molecule is O=C(CC12CC3CC(CC(C3)C1)C2)N1CCN(c2ccc([N+](=O)[O-])cc2)CC1. The predicted molar refractivity (Wildman–Crippen MR) is 107 cm³/mol. The molecule has 4 bridgehead atoms. The summed E-state index contributed by atoms with van der Waals surface area (Å²) in [5.74, 6) is 3.01. The monoisotopic (exact) mass is 383 g/mol. The highest BCUT2D eigenvalue weighted by Crippen LogP contribution is 2.61. The zero-order valence-corrected chi connectivity index (χ0v) is 16.4. The highest BCUT2D eigenvalue weighted by atomic mass is 16.6. The van der Waals surface area contributed by atoms with Gasteiger partial charge in [-0.1, -0.05) is 0 Å². The number of piperazine rings is 1. The van der Waals surface area contributed by atoms with E-state index in [2.05, 4.69) is 9.80 Å². The van der Waals surface area contributed by atoms with E-state index in [1.54, 1.807) is 12.1 Å². The molecule has 0 aromatic heterocycles. The Morgan fingerprint density at radius 2 is 1.50 bits per heavy atom. The highest BCUT2D eigenvalue weighted by molar-refractivity contribution is 5.77. The fourth-order valence-electron chi connectivity index (χ4n) is 6.94. The summed E-state index contributed by atoms with van der Waals surface area (Å²) in [6, 6.07) is 6.73. The smallest absolute Gasteiger partial charge is 0.269 e. The summed E-state index contributed by atoms with van der Waals surface area (Å²) < 4.78 is 0. The molecule has 1 saturated heterocycles. The van der Waals surface area contributed by atoms with Crippen LogP contribution in [-0.4, -0.2) is 41.9 Å². The van der Waals surface area contributed by atoms with E-state index in [0.29, 0.717) is 11.3 Å². The summed E-state index contributed by atoms with van der Waals surface area (Å²) in [6.45, 7) is 3.10. The largest absolute Gasteiger partial charge is 0.368 e. The van der Waals surface area contributed by atoms with Crippen molar-refractivity contribution in [3.05, 3.63) is 34.4 Å². The number of carbonyl (C=O) groups excluding carboxylic acids is 1. The van der Waals surface area contributed by atoms with Crippen LogP contribution < -0.4 is 4.90 Å². The molecule has 6 heteroatoms. The number of hydrogen-bond acceptors (Lipinski definition) is 4. The lowest BCUT2D eigenvalue weighted by Gasteiger charge is -2.57. The fourth-order valence-corrected chi connectivity index (χ4v) is 6.94. The van der Waals surface area contributed by atoms with Gasteiger partial charge in [0.25, 0.3) is 5.69 Å². The van der Waals surface area contributed by atoms with Gasteiger partial charge in [0, 0.05) is 50.4 Å². The first-order chi connectivity index (χ1) is 13.5. The molecule has 6 nitrogen and oxygen atoms in total. The molecule has 4 aliphatic carbocycles. The second-order valence-electron chi connectivity index (χ2n) is 9.74. The van der Waals surface area contributed by atoms with Crippen molar-refractivity contribution in [2.24, 2.45) is 23.2 Å². The van der Waals surface area contributed by atoms with Crippen LogP contribution in [0.2, 0.25) is 0 Å². The molecule has 150 valence electrons. The molecule has 1 aliphatic heterocycles. The Morgan fingerprint density at radius 1 is 0.964 bits per heavy atom. The first kappa shape index (κ1) is 18.0. The topological polar surface area (TPSA) is 66.7 Å². The van der Waals surface area contributed by atoms with E-state index in [0.717, 1.165) is 56.0 Å². The Morgan fingerprint density at radius 3 is 2.00 bits per heavy atom. The summed E-state index contributed by atoms with van der Waals surface area (Å²) in [6.07, 6.45) is 8.87. The van der Waals surface area contributed by atoms with E-state index in [1.807, 2.05) is 12.1 Å². The van der Waals surface area contributed by atoms with Crippen LogP contribution >= 0.6 is 0 Å². The molecule has 1 aromatic rings. The number of hydrogen-bond donors (Lipinski definition) is 0. The second-order valence-corrected chi connectivity index (χ2v) is 9.74. The molecule has 0 radical (unpaired) electrons. The summed E-state index contributed by atoms with van der Waals surface area (Å²) in [5, 5.41) is 10.8. The van der Waals surface area contributed by atoms with E-state index in [1.165, 1.54) is 38.5 Å². The van der Waals surface area contributed by atoms with Gasteiger partial charge in [-0.3, -0.25) is 14.9 Å². The zero-order valence-electron chi connectivity index (χ0n) is 16.4. The van der Waals surface area contributed by atoms with Crippen LogP contribution in [0.1, 0.15) is 44.9 Å². The van der Waals surface area contributed by atoms with Gasteiger partial charge in [-0.15, -0.1) is 0 Å².